The lowest BCUT2D eigenvalue weighted by molar-refractivity contribution is -0.0435. The lowest BCUT2D eigenvalue weighted by Gasteiger charge is -2.17. The summed E-state index contributed by atoms with van der Waals surface area (Å²) in [7, 11) is 0. The first-order valence-corrected chi connectivity index (χ1v) is 13.3. The molecule has 1 N–H and O–H groups in total. The lowest BCUT2D eigenvalue weighted by atomic mass is 9.94. The minimum Gasteiger partial charge on any atom is -0.487 e. The number of fused-ring (bicyclic) bond motifs is 2. The van der Waals surface area contributed by atoms with Gasteiger partial charge in [-0.05, 0) is 55.7 Å². The van der Waals surface area contributed by atoms with Crippen LogP contribution in [0.2, 0.25) is 0 Å². The van der Waals surface area contributed by atoms with Crippen molar-refractivity contribution in [2.45, 2.75) is 65.3 Å². The number of hydrogen-bond acceptors (Lipinski definition) is 5. The van der Waals surface area contributed by atoms with E-state index in [1.807, 2.05) is 68.4 Å². The molecule has 0 radical (unpaired) electrons. The second kappa shape index (κ2) is 8.90. The summed E-state index contributed by atoms with van der Waals surface area (Å²) < 4.78 is 19.6. The Morgan fingerprint density at radius 2 is 1.69 bits per heavy atom. The molecule has 1 aromatic heterocycles. The van der Waals surface area contributed by atoms with Crippen LogP contribution in [0.4, 0.5) is 10.5 Å². The third kappa shape index (κ3) is 4.73. The summed E-state index contributed by atoms with van der Waals surface area (Å²) in [5, 5.41) is 7.76. The minimum absolute atomic E-state index is 0.212. The van der Waals surface area contributed by atoms with E-state index in [1.165, 1.54) is 4.68 Å². The van der Waals surface area contributed by atoms with Crippen molar-refractivity contribution in [3.63, 3.8) is 0 Å². The monoisotopic (exact) mass is 523 g/mol. The van der Waals surface area contributed by atoms with Gasteiger partial charge in [-0.2, -0.15) is 9.78 Å². The zero-order chi connectivity index (χ0) is 27.5. The molecule has 4 aromatic rings. The zero-order valence-corrected chi connectivity index (χ0v) is 23.2. The van der Waals surface area contributed by atoms with Crippen LogP contribution >= 0.6 is 0 Å². The fourth-order valence-electron chi connectivity index (χ4n) is 5.29. The van der Waals surface area contributed by atoms with Crippen molar-refractivity contribution in [2.75, 3.05) is 5.32 Å². The largest absolute Gasteiger partial charge is 0.487 e. The average molecular weight is 524 g/mol. The molecule has 7 nitrogen and oxygen atoms in total. The van der Waals surface area contributed by atoms with Crippen LogP contribution in [0, 0.1) is 0 Å². The molecule has 0 aliphatic carbocycles. The van der Waals surface area contributed by atoms with Gasteiger partial charge in [0, 0.05) is 54.4 Å². The van der Waals surface area contributed by atoms with Crippen LogP contribution in [0.5, 0.6) is 17.2 Å². The first-order valence-electron chi connectivity index (χ1n) is 13.3. The van der Waals surface area contributed by atoms with Crippen molar-refractivity contribution >= 4 is 11.7 Å². The Labute approximate surface area is 228 Å². The number of nitrogens with zero attached hydrogens (tertiary/aromatic N) is 2. The molecule has 7 heteroatoms. The number of aromatic nitrogens is 2. The highest BCUT2D eigenvalue weighted by Crippen LogP contribution is 2.48. The van der Waals surface area contributed by atoms with Gasteiger partial charge >= 0.3 is 6.03 Å². The summed E-state index contributed by atoms with van der Waals surface area (Å²) in [6, 6.07) is 19.4. The SMILES string of the molecule is CC(C)c1cc(-c2cn(C(=O)Nc3ccc4c(c3)CC(C)(C)O4)nc2-c2ccccc2)cc2c1OC(C)(C)O2. The van der Waals surface area contributed by atoms with Gasteiger partial charge in [-0.25, -0.2) is 4.79 Å². The summed E-state index contributed by atoms with van der Waals surface area (Å²) in [6.07, 6.45) is 2.57. The van der Waals surface area contributed by atoms with Gasteiger partial charge in [0.15, 0.2) is 11.5 Å². The smallest absolute Gasteiger partial charge is 0.346 e. The number of nitrogens with one attached hydrogen (secondary N) is 1. The molecule has 200 valence electrons. The Bertz CT molecular complexity index is 1580. The van der Waals surface area contributed by atoms with E-state index in [9.17, 15) is 4.79 Å². The molecule has 0 saturated heterocycles. The third-order valence-electron chi connectivity index (χ3n) is 7.00. The lowest BCUT2D eigenvalue weighted by Crippen LogP contribution is -2.29. The van der Waals surface area contributed by atoms with E-state index in [1.54, 1.807) is 6.20 Å². The van der Waals surface area contributed by atoms with E-state index in [0.717, 1.165) is 45.7 Å². The third-order valence-corrected chi connectivity index (χ3v) is 7.00. The Morgan fingerprint density at radius 3 is 2.44 bits per heavy atom. The van der Waals surface area contributed by atoms with Crippen LogP contribution in [-0.2, 0) is 6.42 Å². The predicted octanol–water partition coefficient (Wildman–Crippen LogP) is 7.64. The highest BCUT2D eigenvalue weighted by Gasteiger charge is 2.35. The molecular weight excluding hydrogens is 490 g/mol. The average Bonchev–Trinajstić information content (AvgIpc) is 3.54. The van der Waals surface area contributed by atoms with E-state index in [2.05, 4.69) is 39.1 Å². The summed E-state index contributed by atoms with van der Waals surface area (Å²) in [4.78, 5) is 13.4. The predicted molar refractivity (Wildman–Crippen MR) is 152 cm³/mol. The van der Waals surface area contributed by atoms with Crippen molar-refractivity contribution in [3.05, 3.63) is 78.0 Å². The minimum atomic E-state index is -0.743. The van der Waals surface area contributed by atoms with Crippen LogP contribution in [0.25, 0.3) is 22.4 Å². The van der Waals surface area contributed by atoms with Gasteiger partial charge in [0.2, 0.25) is 5.79 Å². The van der Waals surface area contributed by atoms with E-state index in [0.29, 0.717) is 17.1 Å². The topological polar surface area (TPSA) is 74.6 Å². The van der Waals surface area contributed by atoms with Crippen LogP contribution in [0.15, 0.2) is 66.9 Å². The van der Waals surface area contributed by atoms with Gasteiger partial charge in [0.25, 0.3) is 0 Å². The number of benzene rings is 3. The summed E-state index contributed by atoms with van der Waals surface area (Å²) in [5.41, 5.74) is 5.95. The quantitative estimate of drug-likeness (QED) is 0.297. The molecule has 0 spiro atoms. The van der Waals surface area contributed by atoms with Gasteiger partial charge in [0.1, 0.15) is 17.0 Å². The second-order valence-corrected chi connectivity index (χ2v) is 11.6. The van der Waals surface area contributed by atoms with E-state index < -0.39 is 5.79 Å². The van der Waals surface area contributed by atoms with Gasteiger partial charge in [0.05, 0.1) is 0 Å². The van der Waals surface area contributed by atoms with Gasteiger partial charge in [-0.1, -0.05) is 44.2 Å². The molecule has 0 saturated carbocycles. The van der Waals surface area contributed by atoms with Crippen LogP contribution in [0.3, 0.4) is 0 Å². The number of rotatable bonds is 4. The van der Waals surface area contributed by atoms with Crippen LogP contribution < -0.4 is 19.5 Å². The molecule has 0 unspecified atom stereocenters. The fraction of sp³-hybridized carbons (Fsp3) is 0.312. The normalized spacial score (nSPS) is 16.2. The van der Waals surface area contributed by atoms with Crippen molar-refractivity contribution in [1.29, 1.82) is 0 Å². The first-order chi connectivity index (χ1) is 18.5. The molecule has 3 aromatic carbocycles. The maximum Gasteiger partial charge on any atom is 0.346 e. The molecule has 2 aliphatic heterocycles. The Balaban J connectivity index is 1.39. The van der Waals surface area contributed by atoms with Gasteiger partial charge in [-0.15, -0.1) is 0 Å². The van der Waals surface area contributed by atoms with Crippen LogP contribution in [0.1, 0.15) is 58.6 Å². The van der Waals surface area contributed by atoms with Crippen molar-refractivity contribution in [1.82, 2.24) is 9.78 Å². The zero-order valence-electron chi connectivity index (χ0n) is 23.2. The highest BCUT2D eigenvalue weighted by atomic mass is 16.7. The molecule has 1 amide bonds. The molecule has 0 atom stereocenters. The summed E-state index contributed by atoms with van der Waals surface area (Å²) in [6.45, 7) is 12.2. The maximum absolute atomic E-state index is 13.4. The first kappa shape index (κ1) is 25.0. The number of hydrogen-bond donors (Lipinski definition) is 1. The van der Waals surface area contributed by atoms with E-state index >= 15 is 0 Å². The fourth-order valence-corrected chi connectivity index (χ4v) is 5.29. The Morgan fingerprint density at radius 1 is 0.923 bits per heavy atom. The maximum atomic E-state index is 13.4. The van der Waals surface area contributed by atoms with Crippen molar-refractivity contribution in [2.24, 2.45) is 0 Å². The second-order valence-electron chi connectivity index (χ2n) is 11.6. The highest BCUT2D eigenvalue weighted by molar-refractivity contribution is 5.93. The number of carbonyl (C=O) groups excluding carboxylic acids is 1. The molecular formula is C32H33N3O4. The Kier molecular flexibility index (Phi) is 5.72. The van der Waals surface area contributed by atoms with Gasteiger partial charge < -0.3 is 19.5 Å². The number of anilines is 1. The van der Waals surface area contributed by atoms with Crippen molar-refractivity contribution < 1.29 is 19.0 Å². The standard InChI is InChI=1S/C32H33N3O4/c1-19(2)24-15-21(16-27-29(24)39-32(5,6)38-27)25-18-35(34-28(25)20-10-8-7-9-11-20)30(36)33-23-12-13-26-22(14-23)17-31(3,4)37-26/h7-16,18-19H,17H2,1-6H3,(H,33,36). The van der Waals surface area contributed by atoms with Crippen LogP contribution in [-0.4, -0.2) is 27.2 Å². The molecule has 6 rings (SSSR count). The van der Waals surface area contributed by atoms with E-state index in [-0.39, 0.29) is 17.6 Å². The molecule has 39 heavy (non-hydrogen) atoms. The molecule has 2 aliphatic rings. The van der Waals surface area contributed by atoms with E-state index in [4.69, 9.17) is 19.3 Å². The summed E-state index contributed by atoms with van der Waals surface area (Å²) >= 11 is 0. The molecule has 0 bridgehead atoms. The Hall–Kier alpha value is -4.26. The van der Waals surface area contributed by atoms with Crippen molar-refractivity contribution in [3.8, 4) is 39.6 Å². The summed E-state index contributed by atoms with van der Waals surface area (Å²) in [5.74, 6) is 1.79. The number of amides is 1. The molecule has 0 fully saturated rings. The molecule has 3 heterocycles. The van der Waals surface area contributed by atoms with Gasteiger partial charge in [-0.3, -0.25) is 0 Å². The number of carbonyl (C=O) groups is 1. The number of ether oxygens (including phenoxy) is 3.